The average Bonchev–Trinajstić information content (AvgIpc) is 2.26. The molecular weight excluding hydrogens is 221 g/mol. The molecular formula is C13H18FNO2. The van der Waals surface area contributed by atoms with Gasteiger partial charge in [0.2, 0.25) is 0 Å². The molecule has 3 N–H and O–H groups in total. The molecule has 0 saturated heterocycles. The van der Waals surface area contributed by atoms with Crippen LogP contribution in [-0.4, -0.2) is 24.4 Å². The first-order valence-electron chi connectivity index (χ1n) is 5.90. The normalized spacial score (nSPS) is 27.6. The Hall–Kier alpha value is -1.13. The van der Waals surface area contributed by atoms with Crippen molar-refractivity contribution in [3.8, 4) is 5.75 Å². The Morgan fingerprint density at radius 3 is 2.82 bits per heavy atom. The molecule has 0 radical (unpaired) electrons. The van der Waals surface area contributed by atoms with Crippen LogP contribution in [0.5, 0.6) is 5.75 Å². The van der Waals surface area contributed by atoms with Gasteiger partial charge in [0.05, 0.1) is 12.7 Å². The maximum absolute atomic E-state index is 12.9. The molecule has 1 saturated carbocycles. The second-order valence-electron chi connectivity index (χ2n) is 4.82. The summed E-state index contributed by atoms with van der Waals surface area (Å²) in [6.45, 7) is 1.07. The predicted octanol–water partition coefficient (Wildman–Crippen LogP) is 1.69. The van der Waals surface area contributed by atoms with Gasteiger partial charge in [0.15, 0.2) is 0 Å². The summed E-state index contributed by atoms with van der Waals surface area (Å²) in [5, 5.41) is 9.32. The van der Waals surface area contributed by atoms with Crippen LogP contribution in [0.1, 0.15) is 19.3 Å². The fraction of sp³-hybridized carbons (Fsp3) is 0.538. The molecule has 0 heterocycles. The first-order chi connectivity index (χ1) is 8.13. The molecule has 1 fully saturated rings. The van der Waals surface area contributed by atoms with Crippen LogP contribution < -0.4 is 10.5 Å². The SMILES string of the molecule is NCC1(CCOc2cccc(F)c2)CC(O)C1. The number of hydrogen-bond acceptors (Lipinski definition) is 3. The van der Waals surface area contributed by atoms with Crippen molar-refractivity contribution in [1.82, 2.24) is 0 Å². The van der Waals surface area contributed by atoms with Crippen LogP contribution in [0.3, 0.4) is 0 Å². The third kappa shape index (κ3) is 2.96. The summed E-state index contributed by atoms with van der Waals surface area (Å²) >= 11 is 0. The van der Waals surface area contributed by atoms with E-state index in [0.29, 0.717) is 18.9 Å². The van der Waals surface area contributed by atoms with Crippen LogP contribution in [0.15, 0.2) is 24.3 Å². The van der Waals surface area contributed by atoms with E-state index in [1.165, 1.54) is 12.1 Å². The van der Waals surface area contributed by atoms with Gasteiger partial charge >= 0.3 is 0 Å². The second-order valence-corrected chi connectivity index (χ2v) is 4.82. The zero-order valence-corrected chi connectivity index (χ0v) is 9.73. The number of rotatable bonds is 5. The highest BCUT2D eigenvalue weighted by atomic mass is 19.1. The molecule has 0 aliphatic heterocycles. The van der Waals surface area contributed by atoms with Crippen molar-refractivity contribution in [3.63, 3.8) is 0 Å². The van der Waals surface area contributed by atoms with Gasteiger partial charge in [0.1, 0.15) is 11.6 Å². The maximum atomic E-state index is 12.9. The Morgan fingerprint density at radius 2 is 2.24 bits per heavy atom. The Kier molecular flexibility index (Phi) is 3.64. The molecule has 4 heteroatoms. The van der Waals surface area contributed by atoms with Gasteiger partial charge in [0, 0.05) is 6.07 Å². The summed E-state index contributed by atoms with van der Waals surface area (Å²) < 4.78 is 18.4. The van der Waals surface area contributed by atoms with Crippen molar-refractivity contribution in [2.45, 2.75) is 25.4 Å². The molecule has 1 aliphatic carbocycles. The lowest BCUT2D eigenvalue weighted by molar-refractivity contribution is -0.0375. The minimum atomic E-state index is -0.296. The summed E-state index contributed by atoms with van der Waals surface area (Å²) in [5.74, 6) is 0.243. The molecule has 0 spiro atoms. The number of aliphatic hydroxyl groups is 1. The Labute approximate surface area is 100 Å². The first kappa shape index (κ1) is 12.3. The molecule has 0 unspecified atom stereocenters. The maximum Gasteiger partial charge on any atom is 0.126 e. The number of hydrogen-bond donors (Lipinski definition) is 2. The molecule has 0 aromatic heterocycles. The van der Waals surface area contributed by atoms with E-state index in [1.54, 1.807) is 12.1 Å². The molecule has 0 amide bonds. The number of halogens is 1. The van der Waals surface area contributed by atoms with Crippen molar-refractivity contribution in [1.29, 1.82) is 0 Å². The van der Waals surface area contributed by atoms with Crippen LogP contribution >= 0.6 is 0 Å². The summed E-state index contributed by atoms with van der Waals surface area (Å²) in [4.78, 5) is 0. The molecule has 0 bridgehead atoms. The summed E-state index contributed by atoms with van der Waals surface area (Å²) in [7, 11) is 0. The molecule has 94 valence electrons. The van der Waals surface area contributed by atoms with E-state index >= 15 is 0 Å². The van der Waals surface area contributed by atoms with Gasteiger partial charge in [-0.3, -0.25) is 0 Å². The summed E-state index contributed by atoms with van der Waals surface area (Å²) in [6.07, 6.45) is 2.08. The molecule has 0 atom stereocenters. The van der Waals surface area contributed by atoms with Gasteiger partial charge in [-0.25, -0.2) is 4.39 Å². The number of aliphatic hydroxyl groups excluding tert-OH is 1. The Morgan fingerprint density at radius 1 is 1.47 bits per heavy atom. The van der Waals surface area contributed by atoms with Gasteiger partial charge in [0.25, 0.3) is 0 Å². The van der Waals surface area contributed by atoms with Crippen LogP contribution in [0, 0.1) is 11.2 Å². The summed E-state index contributed by atoms with van der Waals surface area (Å²) in [5.41, 5.74) is 5.73. The van der Waals surface area contributed by atoms with E-state index in [1.807, 2.05) is 0 Å². The monoisotopic (exact) mass is 239 g/mol. The molecule has 3 nitrogen and oxygen atoms in total. The van der Waals surface area contributed by atoms with E-state index in [9.17, 15) is 9.50 Å². The zero-order chi connectivity index (χ0) is 12.3. The van der Waals surface area contributed by atoms with Crippen LogP contribution in [-0.2, 0) is 0 Å². The van der Waals surface area contributed by atoms with E-state index in [4.69, 9.17) is 10.5 Å². The Bertz CT molecular complexity index is 377. The highest BCUT2D eigenvalue weighted by molar-refractivity contribution is 5.22. The molecule has 1 aromatic carbocycles. The predicted molar refractivity (Wildman–Crippen MR) is 63.2 cm³/mol. The number of ether oxygens (including phenoxy) is 1. The Balaban J connectivity index is 1.79. The molecule has 2 rings (SSSR count). The standard InChI is InChI=1S/C13H18FNO2/c14-10-2-1-3-12(6-10)17-5-4-13(9-15)7-11(16)8-13/h1-3,6,11,16H,4-5,7-9,15H2. The third-order valence-corrected chi connectivity index (χ3v) is 3.47. The lowest BCUT2D eigenvalue weighted by atomic mass is 9.65. The topological polar surface area (TPSA) is 55.5 Å². The fourth-order valence-electron chi connectivity index (χ4n) is 2.35. The molecule has 17 heavy (non-hydrogen) atoms. The van der Waals surface area contributed by atoms with E-state index in [2.05, 4.69) is 0 Å². The van der Waals surface area contributed by atoms with Gasteiger partial charge in [-0.1, -0.05) is 6.07 Å². The van der Waals surface area contributed by atoms with Crippen LogP contribution in [0.4, 0.5) is 4.39 Å². The highest BCUT2D eigenvalue weighted by Gasteiger charge is 2.41. The van der Waals surface area contributed by atoms with E-state index < -0.39 is 0 Å². The lowest BCUT2D eigenvalue weighted by Crippen LogP contribution is -2.47. The molecule has 1 aromatic rings. The zero-order valence-electron chi connectivity index (χ0n) is 9.73. The fourth-order valence-corrected chi connectivity index (χ4v) is 2.35. The van der Waals surface area contributed by atoms with Gasteiger partial charge in [-0.05, 0) is 43.4 Å². The quantitative estimate of drug-likeness (QED) is 0.822. The van der Waals surface area contributed by atoms with Gasteiger partial charge < -0.3 is 15.6 Å². The molecule has 1 aliphatic rings. The smallest absolute Gasteiger partial charge is 0.126 e. The third-order valence-electron chi connectivity index (χ3n) is 3.47. The van der Waals surface area contributed by atoms with Crippen molar-refractivity contribution < 1.29 is 14.2 Å². The van der Waals surface area contributed by atoms with E-state index in [0.717, 1.165) is 19.3 Å². The summed E-state index contributed by atoms with van der Waals surface area (Å²) in [6, 6.07) is 6.10. The van der Waals surface area contributed by atoms with Crippen molar-refractivity contribution in [2.75, 3.05) is 13.2 Å². The first-order valence-corrected chi connectivity index (χ1v) is 5.90. The van der Waals surface area contributed by atoms with Crippen molar-refractivity contribution in [2.24, 2.45) is 11.1 Å². The van der Waals surface area contributed by atoms with Crippen LogP contribution in [0.2, 0.25) is 0 Å². The highest BCUT2D eigenvalue weighted by Crippen LogP contribution is 2.43. The van der Waals surface area contributed by atoms with Crippen molar-refractivity contribution >= 4 is 0 Å². The largest absolute Gasteiger partial charge is 0.493 e. The number of nitrogens with two attached hydrogens (primary N) is 1. The van der Waals surface area contributed by atoms with Crippen LogP contribution in [0.25, 0.3) is 0 Å². The number of benzene rings is 1. The minimum Gasteiger partial charge on any atom is -0.493 e. The van der Waals surface area contributed by atoms with Crippen molar-refractivity contribution in [3.05, 3.63) is 30.1 Å². The second kappa shape index (κ2) is 5.02. The average molecular weight is 239 g/mol. The minimum absolute atomic E-state index is 0.0206. The lowest BCUT2D eigenvalue weighted by Gasteiger charge is -2.44. The van der Waals surface area contributed by atoms with Gasteiger partial charge in [-0.15, -0.1) is 0 Å². The van der Waals surface area contributed by atoms with E-state index in [-0.39, 0.29) is 17.3 Å². The van der Waals surface area contributed by atoms with Gasteiger partial charge in [-0.2, -0.15) is 0 Å².